The van der Waals surface area contributed by atoms with Crippen LogP contribution >= 0.6 is 23.8 Å². The van der Waals surface area contributed by atoms with Gasteiger partial charge in [-0.25, -0.2) is 0 Å². The average Bonchev–Trinajstić information content (AvgIpc) is 2.33. The fourth-order valence-corrected chi connectivity index (χ4v) is 1.86. The molecule has 0 aliphatic carbocycles. The van der Waals surface area contributed by atoms with Crippen LogP contribution in [0.25, 0.3) is 0 Å². The van der Waals surface area contributed by atoms with Gasteiger partial charge in [0.15, 0.2) is 0 Å². The maximum absolute atomic E-state index is 12.2. The Kier molecular flexibility index (Phi) is 4.71. The largest absolute Gasteiger partial charge is 0.392 e. The lowest BCUT2D eigenvalue weighted by Crippen LogP contribution is -2.43. The van der Waals surface area contributed by atoms with Gasteiger partial charge in [0.05, 0.1) is 10.4 Å². The Labute approximate surface area is 118 Å². The molecule has 0 radical (unpaired) electrons. The highest BCUT2D eigenvalue weighted by atomic mass is 35.5. The molecule has 3 N–H and O–H groups in total. The van der Waals surface area contributed by atoms with E-state index in [1.54, 1.807) is 25.1 Å². The molecule has 1 atom stereocenters. The van der Waals surface area contributed by atoms with Gasteiger partial charge in [-0.05, 0) is 38.0 Å². The van der Waals surface area contributed by atoms with Crippen LogP contribution in [0.1, 0.15) is 25.8 Å². The number of nitrogens with two attached hydrogens (primary N) is 1. The number of thiocarbonyl (C=S) groups is 1. The summed E-state index contributed by atoms with van der Waals surface area (Å²) >= 11 is 11.0. The van der Waals surface area contributed by atoms with Crippen LogP contribution in [0.4, 0.5) is 5.69 Å². The molecule has 1 aromatic rings. The lowest BCUT2D eigenvalue weighted by atomic mass is 9.86. The van der Waals surface area contributed by atoms with Crippen molar-refractivity contribution >= 4 is 40.4 Å². The smallest absolute Gasteiger partial charge is 0.237 e. The number of hydrogen-bond acceptors (Lipinski definition) is 2. The second-order valence-corrected chi connectivity index (χ2v) is 5.26. The van der Waals surface area contributed by atoms with E-state index >= 15 is 0 Å². The number of rotatable bonds is 4. The fraction of sp³-hybridized carbons (Fsp3) is 0.385. The molecular weight excluding hydrogens is 268 g/mol. The van der Waals surface area contributed by atoms with Gasteiger partial charge in [-0.1, -0.05) is 36.8 Å². The van der Waals surface area contributed by atoms with Crippen molar-refractivity contribution in [2.24, 2.45) is 11.1 Å². The van der Waals surface area contributed by atoms with Crippen molar-refractivity contribution in [3.05, 3.63) is 28.8 Å². The summed E-state index contributed by atoms with van der Waals surface area (Å²) in [5, 5.41) is 3.45. The predicted molar refractivity (Wildman–Crippen MR) is 80.0 cm³/mol. The number of benzene rings is 1. The molecule has 0 saturated heterocycles. The van der Waals surface area contributed by atoms with Gasteiger partial charge < -0.3 is 11.1 Å². The van der Waals surface area contributed by atoms with Crippen LogP contribution in [-0.4, -0.2) is 10.9 Å². The number of halogens is 1. The molecule has 1 unspecified atom stereocenters. The number of nitrogens with one attached hydrogen (secondary N) is 1. The summed E-state index contributed by atoms with van der Waals surface area (Å²) in [6.45, 7) is 5.47. The van der Waals surface area contributed by atoms with Gasteiger partial charge in [0.2, 0.25) is 5.91 Å². The number of hydrogen-bond donors (Lipinski definition) is 2. The van der Waals surface area contributed by atoms with Crippen molar-refractivity contribution < 1.29 is 4.79 Å². The van der Waals surface area contributed by atoms with Crippen molar-refractivity contribution in [2.45, 2.75) is 27.2 Å². The molecule has 0 fully saturated rings. The summed E-state index contributed by atoms with van der Waals surface area (Å²) in [5.41, 5.74) is 6.32. The predicted octanol–water partition coefficient (Wildman–Crippen LogP) is 3.29. The van der Waals surface area contributed by atoms with E-state index in [1.165, 1.54) is 0 Å². The molecule has 18 heavy (non-hydrogen) atoms. The molecule has 1 amide bonds. The third-order valence-electron chi connectivity index (χ3n) is 3.27. The lowest BCUT2D eigenvalue weighted by molar-refractivity contribution is -0.121. The maximum atomic E-state index is 12.2. The van der Waals surface area contributed by atoms with Crippen LogP contribution in [-0.2, 0) is 4.79 Å². The van der Waals surface area contributed by atoms with E-state index < -0.39 is 5.41 Å². The Balaban J connectivity index is 3.01. The number of carbonyl (C=O) groups excluding carboxylic acids is 1. The summed E-state index contributed by atoms with van der Waals surface area (Å²) in [7, 11) is 0. The summed E-state index contributed by atoms with van der Waals surface area (Å²) in [5.74, 6) is -0.206. The Morgan fingerprint density at radius 3 is 2.67 bits per heavy atom. The van der Waals surface area contributed by atoms with Crippen molar-refractivity contribution in [3.8, 4) is 0 Å². The van der Waals surface area contributed by atoms with E-state index in [9.17, 15) is 4.79 Å². The number of carbonyl (C=O) groups is 1. The van der Waals surface area contributed by atoms with Gasteiger partial charge in [-0.2, -0.15) is 0 Å². The maximum Gasteiger partial charge on any atom is 0.237 e. The van der Waals surface area contributed by atoms with E-state index in [1.807, 2.05) is 13.8 Å². The Morgan fingerprint density at radius 1 is 1.56 bits per heavy atom. The minimum absolute atomic E-state index is 0.196. The van der Waals surface area contributed by atoms with E-state index in [0.717, 1.165) is 5.56 Å². The van der Waals surface area contributed by atoms with Crippen LogP contribution in [0, 0.1) is 12.3 Å². The van der Waals surface area contributed by atoms with Crippen molar-refractivity contribution in [1.29, 1.82) is 0 Å². The van der Waals surface area contributed by atoms with E-state index in [4.69, 9.17) is 29.6 Å². The minimum Gasteiger partial charge on any atom is -0.392 e. The Morgan fingerprint density at radius 2 is 2.17 bits per heavy atom. The first kappa shape index (κ1) is 14.9. The third-order valence-corrected chi connectivity index (χ3v) is 4.13. The van der Waals surface area contributed by atoms with Gasteiger partial charge in [-0.3, -0.25) is 4.79 Å². The van der Waals surface area contributed by atoms with E-state index in [0.29, 0.717) is 17.1 Å². The van der Waals surface area contributed by atoms with Crippen molar-refractivity contribution in [2.75, 3.05) is 5.32 Å². The monoisotopic (exact) mass is 284 g/mol. The van der Waals surface area contributed by atoms with Crippen LogP contribution in [0.3, 0.4) is 0 Å². The zero-order valence-electron chi connectivity index (χ0n) is 10.7. The Bertz CT molecular complexity index is 490. The minimum atomic E-state index is -0.843. The van der Waals surface area contributed by atoms with Crippen LogP contribution in [0.5, 0.6) is 0 Å². The first-order valence-electron chi connectivity index (χ1n) is 5.69. The number of anilines is 1. The first-order chi connectivity index (χ1) is 8.32. The molecule has 0 saturated carbocycles. The quantitative estimate of drug-likeness (QED) is 0.834. The third kappa shape index (κ3) is 2.82. The standard InChI is InChI=1S/C13H17ClN2OS/c1-4-13(3,11(15)18)12(17)16-10-7-5-6-9(14)8(10)2/h5-7H,4H2,1-3H3,(H2,15,18)(H,16,17). The SMILES string of the molecule is CCC(C)(C(=O)Nc1cccc(Cl)c1C)C(N)=S. The average molecular weight is 285 g/mol. The molecule has 0 aliphatic rings. The summed E-state index contributed by atoms with van der Waals surface area (Å²) in [6, 6.07) is 5.36. The molecule has 0 spiro atoms. The van der Waals surface area contributed by atoms with Crippen molar-refractivity contribution in [1.82, 2.24) is 0 Å². The molecule has 98 valence electrons. The molecule has 3 nitrogen and oxygen atoms in total. The summed E-state index contributed by atoms with van der Waals surface area (Å²) in [4.78, 5) is 12.4. The van der Waals surface area contributed by atoms with Crippen molar-refractivity contribution in [3.63, 3.8) is 0 Å². The highest BCUT2D eigenvalue weighted by Gasteiger charge is 2.34. The molecule has 0 aromatic heterocycles. The highest BCUT2D eigenvalue weighted by Crippen LogP contribution is 2.27. The van der Waals surface area contributed by atoms with Gasteiger partial charge in [0.1, 0.15) is 0 Å². The zero-order chi connectivity index (χ0) is 13.9. The molecular formula is C13H17ClN2OS. The van der Waals surface area contributed by atoms with E-state index in [-0.39, 0.29) is 10.9 Å². The van der Waals surface area contributed by atoms with Gasteiger partial charge >= 0.3 is 0 Å². The molecule has 0 bridgehead atoms. The lowest BCUT2D eigenvalue weighted by Gasteiger charge is -2.26. The molecule has 1 rings (SSSR count). The number of amides is 1. The molecule has 5 heteroatoms. The zero-order valence-corrected chi connectivity index (χ0v) is 12.3. The molecule has 0 aliphatic heterocycles. The van der Waals surface area contributed by atoms with Gasteiger partial charge in [-0.15, -0.1) is 0 Å². The van der Waals surface area contributed by atoms with Crippen LogP contribution in [0.15, 0.2) is 18.2 Å². The van der Waals surface area contributed by atoms with Gasteiger partial charge in [0, 0.05) is 10.7 Å². The van der Waals surface area contributed by atoms with Crippen LogP contribution in [0.2, 0.25) is 5.02 Å². The summed E-state index contributed by atoms with van der Waals surface area (Å²) < 4.78 is 0. The second kappa shape index (κ2) is 5.67. The molecule has 0 heterocycles. The topological polar surface area (TPSA) is 55.1 Å². The van der Waals surface area contributed by atoms with Crippen LogP contribution < -0.4 is 11.1 Å². The molecule has 1 aromatic carbocycles. The second-order valence-electron chi connectivity index (χ2n) is 4.42. The first-order valence-corrected chi connectivity index (χ1v) is 6.48. The highest BCUT2D eigenvalue weighted by molar-refractivity contribution is 7.80. The fourth-order valence-electron chi connectivity index (χ4n) is 1.45. The normalized spacial score (nSPS) is 13.8. The van der Waals surface area contributed by atoms with E-state index in [2.05, 4.69) is 5.32 Å². The Hall–Kier alpha value is -1.13. The van der Waals surface area contributed by atoms with Gasteiger partial charge in [0.25, 0.3) is 0 Å². The summed E-state index contributed by atoms with van der Waals surface area (Å²) in [6.07, 6.45) is 0.549.